The molecular weight excluding hydrogens is 340 g/mol. The van der Waals surface area contributed by atoms with Gasteiger partial charge in [0, 0.05) is 29.8 Å². The Kier molecular flexibility index (Phi) is 7.14. The predicted molar refractivity (Wildman–Crippen MR) is 99.1 cm³/mol. The van der Waals surface area contributed by atoms with Gasteiger partial charge in [0.2, 0.25) is 5.88 Å². The minimum Gasteiger partial charge on any atom is -0.494 e. The van der Waals surface area contributed by atoms with Crippen molar-refractivity contribution in [2.75, 3.05) is 13.2 Å². The van der Waals surface area contributed by atoms with Crippen molar-refractivity contribution in [1.29, 1.82) is 0 Å². The molecular formula is C18H19ClN4O2. The van der Waals surface area contributed by atoms with Crippen molar-refractivity contribution in [2.45, 2.75) is 13.8 Å². The van der Waals surface area contributed by atoms with Gasteiger partial charge in [-0.25, -0.2) is 4.98 Å². The van der Waals surface area contributed by atoms with Crippen LogP contribution in [0.2, 0.25) is 5.02 Å². The van der Waals surface area contributed by atoms with Crippen molar-refractivity contribution in [3.8, 4) is 17.4 Å². The molecule has 1 aromatic heterocycles. The van der Waals surface area contributed by atoms with Crippen LogP contribution >= 0.6 is 11.6 Å². The Hall–Kier alpha value is -2.69. The molecule has 1 unspecified atom stereocenters. The van der Waals surface area contributed by atoms with E-state index in [0.717, 1.165) is 5.56 Å². The standard InChI is InChI=1S/C18H19ClN4O2/c1-3-24-15-7-8-17(16(19)10-15)25-18-9-6-14(12-21-18)5-4-13(2)11-22-23-20/h4-10,12-13H,3,11H2,1-2H3. The average molecular weight is 359 g/mol. The zero-order chi connectivity index (χ0) is 18.1. The summed E-state index contributed by atoms with van der Waals surface area (Å²) in [4.78, 5) is 7.02. The topological polar surface area (TPSA) is 80.1 Å². The molecule has 0 amide bonds. The van der Waals surface area contributed by atoms with Gasteiger partial charge in [-0.05, 0) is 42.1 Å². The van der Waals surface area contributed by atoms with Gasteiger partial charge in [0.1, 0.15) is 11.5 Å². The van der Waals surface area contributed by atoms with Crippen LogP contribution in [-0.4, -0.2) is 18.1 Å². The molecule has 0 aliphatic carbocycles. The van der Waals surface area contributed by atoms with Crippen molar-refractivity contribution in [3.63, 3.8) is 0 Å². The van der Waals surface area contributed by atoms with E-state index in [0.29, 0.717) is 35.6 Å². The second kappa shape index (κ2) is 9.57. The molecule has 0 aliphatic heterocycles. The van der Waals surface area contributed by atoms with Gasteiger partial charge in [0.25, 0.3) is 0 Å². The van der Waals surface area contributed by atoms with Crippen molar-refractivity contribution in [2.24, 2.45) is 11.0 Å². The van der Waals surface area contributed by atoms with Crippen LogP contribution in [-0.2, 0) is 0 Å². The molecule has 1 aromatic carbocycles. The number of nitrogens with zero attached hydrogens (tertiary/aromatic N) is 4. The summed E-state index contributed by atoms with van der Waals surface area (Å²) >= 11 is 6.19. The van der Waals surface area contributed by atoms with Crippen LogP contribution < -0.4 is 9.47 Å². The molecule has 1 heterocycles. The smallest absolute Gasteiger partial charge is 0.219 e. The first-order valence-corrected chi connectivity index (χ1v) is 8.25. The van der Waals surface area contributed by atoms with Crippen molar-refractivity contribution in [1.82, 2.24) is 4.98 Å². The summed E-state index contributed by atoms with van der Waals surface area (Å²) in [5.41, 5.74) is 9.24. The Balaban J connectivity index is 2.00. The Labute approximate surface area is 151 Å². The lowest BCUT2D eigenvalue weighted by Crippen LogP contribution is -1.93. The largest absolute Gasteiger partial charge is 0.494 e. The van der Waals surface area contributed by atoms with E-state index in [9.17, 15) is 0 Å². The normalized spacial score (nSPS) is 11.8. The third kappa shape index (κ3) is 6.03. The zero-order valence-corrected chi connectivity index (χ0v) is 14.8. The van der Waals surface area contributed by atoms with Gasteiger partial charge in [-0.15, -0.1) is 0 Å². The fourth-order valence-corrected chi connectivity index (χ4v) is 2.19. The molecule has 0 saturated heterocycles. The molecule has 0 bridgehead atoms. The van der Waals surface area contributed by atoms with Crippen LogP contribution in [0.1, 0.15) is 19.4 Å². The summed E-state index contributed by atoms with van der Waals surface area (Å²) in [6.07, 6.45) is 5.60. The molecule has 0 N–H and O–H groups in total. The second-order valence-electron chi connectivity index (χ2n) is 5.31. The SMILES string of the molecule is CCOc1ccc(Oc2ccc(C=CC(C)CN=[N+]=[N-])cn2)c(Cl)c1. The summed E-state index contributed by atoms with van der Waals surface area (Å²) < 4.78 is 11.1. The van der Waals surface area contributed by atoms with Crippen LogP contribution in [0.25, 0.3) is 16.5 Å². The third-order valence-electron chi connectivity index (χ3n) is 3.24. The molecule has 130 valence electrons. The minimum atomic E-state index is 0.162. The molecule has 1 atom stereocenters. The lowest BCUT2D eigenvalue weighted by Gasteiger charge is -2.09. The summed E-state index contributed by atoms with van der Waals surface area (Å²) in [7, 11) is 0. The highest BCUT2D eigenvalue weighted by Crippen LogP contribution is 2.31. The highest BCUT2D eigenvalue weighted by atomic mass is 35.5. The Morgan fingerprint density at radius 2 is 2.20 bits per heavy atom. The van der Waals surface area contributed by atoms with Crippen molar-refractivity contribution < 1.29 is 9.47 Å². The van der Waals surface area contributed by atoms with Crippen LogP contribution in [0.15, 0.2) is 47.7 Å². The fourth-order valence-electron chi connectivity index (χ4n) is 1.99. The Bertz CT molecular complexity index is 771. The summed E-state index contributed by atoms with van der Waals surface area (Å²) in [6.45, 7) is 4.89. The number of pyridine rings is 1. The first-order chi connectivity index (χ1) is 12.1. The number of ether oxygens (including phenoxy) is 2. The lowest BCUT2D eigenvalue weighted by molar-refractivity contribution is 0.339. The Morgan fingerprint density at radius 3 is 2.84 bits per heavy atom. The zero-order valence-electron chi connectivity index (χ0n) is 14.1. The highest BCUT2D eigenvalue weighted by molar-refractivity contribution is 6.32. The number of benzene rings is 1. The number of hydrogen-bond donors (Lipinski definition) is 0. The van der Waals surface area contributed by atoms with Gasteiger partial charge in [-0.2, -0.15) is 0 Å². The van der Waals surface area contributed by atoms with E-state index >= 15 is 0 Å². The molecule has 6 nitrogen and oxygen atoms in total. The first kappa shape index (κ1) is 18.6. The van der Waals surface area contributed by atoms with Crippen LogP contribution in [0, 0.1) is 5.92 Å². The van der Waals surface area contributed by atoms with E-state index in [1.165, 1.54) is 0 Å². The predicted octanol–water partition coefficient (Wildman–Crippen LogP) is 5.89. The Morgan fingerprint density at radius 1 is 1.36 bits per heavy atom. The number of hydrogen-bond acceptors (Lipinski definition) is 4. The molecule has 25 heavy (non-hydrogen) atoms. The summed E-state index contributed by atoms with van der Waals surface area (Å²) in [5, 5.41) is 4.00. The molecule has 0 saturated carbocycles. The maximum Gasteiger partial charge on any atom is 0.219 e. The summed E-state index contributed by atoms with van der Waals surface area (Å²) in [6, 6.07) is 8.92. The van der Waals surface area contributed by atoms with Crippen LogP contribution in [0.4, 0.5) is 0 Å². The van der Waals surface area contributed by atoms with E-state index in [-0.39, 0.29) is 5.92 Å². The highest BCUT2D eigenvalue weighted by Gasteiger charge is 2.06. The van der Waals surface area contributed by atoms with Gasteiger partial charge in [-0.1, -0.05) is 35.8 Å². The maximum atomic E-state index is 8.31. The van der Waals surface area contributed by atoms with E-state index in [2.05, 4.69) is 15.0 Å². The molecule has 2 aromatic rings. The second-order valence-corrected chi connectivity index (χ2v) is 5.71. The van der Waals surface area contributed by atoms with E-state index in [1.54, 1.807) is 30.5 Å². The number of azide groups is 1. The quantitative estimate of drug-likeness (QED) is 0.335. The lowest BCUT2D eigenvalue weighted by atomic mass is 10.1. The number of aromatic nitrogens is 1. The number of halogens is 1. The van der Waals surface area contributed by atoms with Crippen molar-refractivity contribution >= 4 is 17.7 Å². The fraction of sp³-hybridized carbons (Fsp3) is 0.278. The molecule has 0 aliphatic rings. The molecule has 7 heteroatoms. The minimum absolute atomic E-state index is 0.162. The molecule has 0 radical (unpaired) electrons. The van der Waals surface area contributed by atoms with Gasteiger partial charge in [0.15, 0.2) is 0 Å². The third-order valence-corrected chi connectivity index (χ3v) is 3.53. The summed E-state index contributed by atoms with van der Waals surface area (Å²) in [5.74, 6) is 1.83. The van der Waals surface area contributed by atoms with Gasteiger partial charge < -0.3 is 9.47 Å². The molecule has 0 spiro atoms. The number of rotatable bonds is 8. The first-order valence-electron chi connectivity index (χ1n) is 7.87. The average Bonchev–Trinajstić information content (AvgIpc) is 2.62. The van der Waals surface area contributed by atoms with E-state index in [1.807, 2.05) is 32.1 Å². The van der Waals surface area contributed by atoms with Crippen molar-refractivity contribution in [3.05, 3.63) is 63.6 Å². The maximum absolute atomic E-state index is 8.31. The van der Waals surface area contributed by atoms with Crippen LogP contribution in [0.5, 0.6) is 17.4 Å². The van der Waals surface area contributed by atoms with E-state index < -0.39 is 0 Å². The van der Waals surface area contributed by atoms with Gasteiger partial charge in [-0.3, -0.25) is 0 Å². The van der Waals surface area contributed by atoms with E-state index in [4.69, 9.17) is 26.6 Å². The molecule has 0 fully saturated rings. The van der Waals surface area contributed by atoms with Gasteiger partial charge in [0.05, 0.1) is 11.6 Å². The molecule has 2 rings (SSSR count). The van der Waals surface area contributed by atoms with Crippen LogP contribution in [0.3, 0.4) is 0 Å². The van der Waals surface area contributed by atoms with Gasteiger partial charge >= 0.3 is 0 Å². The monoisotopic (exact) mass is 358 g/mol.